The van der Waals surface area contributed by atoms with Crippen LogP contribution in [0.4, 0.5) is 0 Å². The predicted molar refractivity (Wildman–Crippen MR) is 344 cm³/mol. The van der Waals surface area contributed by atoms with Crippen molar-refractivity contribution in [1.29, 1.82) is 0 Å². The monoisotopic (exact) mass is 1150 g/mol. The molecule has 470 valence electrons. The summed E-state index contributed by atoms with van der Waals surface area (Å²) in [6.07, 6.45) is 83.6. The van der Waals surface area contributed by atoms with Crippen molar-refractivity contribution in [2.75, 3.05) is 26.4 Å². The fourth-order valence-corrected chi connectivity index (χ4v) is 11.2. The summed E-state index contributed by atoms with van der Waals surface area (Å²) >= 11 is 0. The van der Waals surface area contributed by atoms with E-state index in [4.69, 9.17) is 24.3 Å². The summed E-state index contributed by atoms with van der Waals surface area (Å²) < 4.78 is 33.2. The van der Waals surface area contributed by atoms with Gasteiger partial charge in [0.1, 0.15) is 6.61 Å². The Hall–Kier alpha value is -2.03. The second kappa shape index (κ2) is 66.1. The van der Waals surface area contributed by atoms with Crippen LogP contribution in [0.2, 0.25) is 0 Å². The molecule has 0 saturated heterocycles. The molecule has 0 aromatic rings. The van der Waals surface area contributed by atoms with Crippen molar-refractivity contribution in [3.63, 3.8) is 0 Å². The lowest BCUT2D eigenvalue weighted by molar-refractivity contribution is -0.161. The van der Waals surface area contributed by atoms with E-state index in [0.717, 1.165) is 57.8 Å². The van der Waals surface area contributed by atoms with Crippen LogP contribution < -0.4 is 5.73 Å². The Balaban J connectivity index is 3.79. The molecule has 9 nitrogen and oxygen atoms in total. The average Bonchev–Trinajstić information content (AvgIpc) is 3.45. The van der Waals surface area contributed by atoms with Crippen LogP contribution in [-0.2, 0) is 32.7 Å². The minimum atomic E-state index is -4.39. The number of phosphoric acid groups is 1. The van der Waals surface area contributed by atoms with Gasteiger partial charge < -0.3 is 20.1 Å². The highest BCUT2D eigenvalue weighted by molar-refractivity contribution is 7.47. The van der Waals surface area contributed by atoms with Crippen molar-refractivity contribution in [3.8, 4) is 0 Å². The van der Waals surface area contributed by atoms with Gasteiger partial charge in [-0.2, -0.15) is 0 Å². The molecule has 0 heterocycles. The molecule has 80 heavy (non-hydrogen) atoms. The zero-order valence-corrected chi connectivity index (χ0v) is 53.7. The number of unbranched alkanes of at least 4 members (excludes halogenated alkanes) is 45. The van der Waals surface area contributed by atoms with Crippen LogP contribution in [0.15, 0.2) is 48.6 Å². The molecule has 0 amide bonds. The number of nitrogens with two attached hydrogens (primary N) is 1. The first-order valence-corrected chi connectivity index (χ1v) is 36.1. The summed E-state index contributed by atoms with van der Waals surface area (Å²) in [6.45, 7) is 3.70. The molecular formula is C70H132NO8P. The van der Waals surface area contributed by atoms with Crippen LogP contribution in [0, 0.1) is 0 Å². The number of ether oxygens (including phenoxy) is 2. The molecule has 0 fully saturated rings. The van der Waals surface area contributed by atoms with Gasteiger partial charge in [-0.05, 0) is 51.4 Å². The maximum absolute atomic E-state index is 12.8. The zero-order chi connectivity index (χ0) is 58.0. The normalized spacial score (nSPS) is 13.2. The van der Waals surface area contributed by atoms with Gasteiger partial charge in [0.25, 0.3) is 0 Å². The number of esters is 2. The van der Waals surface area contributed by atoms with Gasteiger partial charge in [-0.3, -0.25) is 18.6 Å². The molecule has 0 saturated carbocycles. The number of hydrogen-bond donors (Lipinski definition) is 2. The van der Waals surface area contributed by atoms with E-state index in [1.54, 1.807) is 0 Å². The summed E-state index contributed by atoms with van der Waals surface area (Å²) in [4.78, 5) is 35.3. The Kier molecular flexibility index (Phi) is 64.4. The summed E-state index contributed by atoms with van der Waals surface area (Å²) in [5.74, 6) is -0.804. The molecule has 2 unspecified atom stereocenters. The topological polar surface area (TPSA) is 134 Å². The largest absolute Gasteiger partial charge is 0.472 e. The molecule has 0 aromatic heterocycles. The number of carbonyl (C=O) groups is 2. The van der Waals surface area contributed by atoms with Crippen molar-refractivity contribution in [1.82, 2.24) is 0 Å². The van der Waals surface area contributed by atoms with Gasteiger partial charge in [0.05, 0.1) is 13.2 Å². The molecule has 0 radical (unpaired) electrons. The predicted octanol–water partition coefficient (Wildman–Crippen LogP) is 22.5. The fraction of sp³-hybridized carbons (Fsp3) is 0.857. The smallest absolute Gasteiger partial charge is 0.462 e. The van der Waals surface area contributed by atoms with Crippen molar-refractivity contribution >= 4 is 19.8 Å². The first-order valence-electron chi connectivity index (χ1n) is 34.6. The van der Waals surface area contributed by atoms with E-state index >= 15 is 0 Å². The number of allylic oxidation sites excluding steroid dienone is 8. The Bertz CT molecular complexity index is 1450. The van der Waals surface area contributed by atoms with E-state index in [0.29, 0.717) is 6.42 Å². The van der Waals surface area contributed by atoms with Crippen LogP contribution in [0.3, 0.4) is 0 Å². The summed E-state index contributed by atoms with van der Waals surface area (Å²) in [6, 6.07) is 0. The third-order valence-electron chi connectivity index (χ3n) is 15.5. The molecule has 2 atom stereocenters. The highest BCUT2D eigenvalue weighted by Gasteiger charge is 2.26. The Morgan fingerprint density at radius 1 is 0.388 bits per heavy atom. The minimum Gasteiger partial charge on any atom is -0.462 e. The first kappa shape index (κ1) is 78.0. The quantitative estimate of drug-likeness (QED) is 0.0264. The lowest BCUT2D eigenvalue weighted by Crippen LogP contribution is -2.29. The van der Waals surface area contributed by atoms with E-state index in [1.165, 1.54) is 263 Å². The standard InChI is InChI=1S/C70H132NO8P/c1-3-5-7-9-11-13-15-17-19-21-23-25-27-28-29-30-31-32-33-34-35-36-37-38-39-40-41-43-45-47-49-51-53-55-57-59-61-63-70(73)79-68(67-78-80(74,75)77-65-64-71)66-76-69(72)62-60-58-56-54-52-50-48-46-44-42-26-24-22-20-18-16-14-12-10-8-6-4-2/h5,7,11,13,17,19,23,25,68H,3-4,6,8-10,12,14-16,18,20-22,24,26-67,71H2,1-2H3,(H,74,75)/b7-5-,13-11-,19-17-,25-23-. The van der Waals surface area contributed by atoms with Crippen LogP contribution in [0.5, 0.6) is 0 Å². The Morgan fingerprint density at radius 2 is 0.688 bits per heavy atom. The molecule has 0 bridgehead atoms. The SMILES string of the molecule is CC/C=C\C/C=C\C/C=C\C/C=C\CCCCCCCCCCCCCCCCCCCCCCCCCCC(=O)OC(COC(=O)CCCCCCCCCCCCCCCCCCCCCCCC)COP(=O)(O)OCCN. The van der Waals surface area contributed by atoms with Gasteiger partial charge in [-0.15, -0.1) is 0 Å². The summed E-state index contributed by atoms with van der Waals surface area (Å²) in [5.41, 5.74) is 5.40. The molecular weight excluding hydrogens is 1010 g/mol. The zero-order valence-electron chi connectivity index (χ0n) is 52.8. The van der Waals surface area contributed by atoms with Crippen LogP contribution in [0.1, 0.15) is 354 Å². The third-order valence-corrected chi connectivity index (χ3v) is 16.5. The molecule has 0 spiro atoms. The van der Waals surface area contributed by atoms with Gasteiger partial charge >= 0.3 is 19.8 Å². The number of hydrogen-bond acceptors (Lipinski definition) is 8. The van der Waals surface area contributed by atoms with E-state index in [2.05, 4.69) is 62.5 Å². The Morgan fingerprint density at radius 3 is 1.02 bits per heavy atom. The Labute approximate surface area is 496 Å². The van der Waals surface area contributed by atoms with Crippen molar-refractivity contribution in [2.24, 2.45) is 5.73 Å². The fourth-order valence-electron chi connectivity index (χ4n) is 10.4. The number of rotatable bonds is 66. The molecule has 0 aliphatic carbocycles. The van der Waals surface area contributed by atoms with Gasteiger partial charge in [-0.25, -0.2) is 4.57 Å². The van der Waals surface area contributed by atoms with Gasteiger partial charge in [0.2, 0.25) is 0 Å². The molecule has 0 rings (SSSR count). The maximum atomic E-state index is 12.8. The highest BCUT2D eigenvalue weighted by atomic mass is 31.2. The second-order valence-corrected chi connectivity index (χ2v) is 24.8. The van der Waals surface area contributed by atoms with Crippen molar-refractivity contribution < 1.29 is 37.6 Å². The van der Waals surface area contributed by atoms with E-state index in [1.807, 2.05) is 0 Å². The molecule has 0 aromatic carbocycles. The molecule has 0 aliphatic rings. The second-order valence-electron chi connectivity index (χ2n) is 23.4. The van der Waals surface area contributed by atoms with Gasteiger partial charge in [0, 0.05) is 19.4 Å². The maximum Gasteiger partial charge on any atom is 0.472 e. The van der Waals surface area contributed by atoms with Gasteiger partial charge in [-0.1, -0.05) is 339 Å². The van der Waals surface area contributed by atoms with Gasteiger partial charge in [0.15, 0.2) is 6.10 Å². The summed E-state index contributed by atoms with van der Waals surface area (Å²) in [5, 5.41) is 0. The summed E-state index contributed by atoms with van der Waals surface area (Å²) in [7, 11) is -4.39. The van der Waals surface area contributed by atoms with Crippen LogP contribution in [0.25, 0.3) is 0 Å². The highest BCUT2D eigenvalue weighted by Crippen LogP contribution is 2.43. The lowest BCUT2D eigenvalue weighted by Gasteiger charge is -2.19. The molecule has 0 aliphatic heterocycles. The first-order chi connectivity index (χ1) is 39.3. The minimum absolute atomic E-state index is 0.0564. The molecule has 10 heteroatoms. The van der Waals surface area contributed by atoms with Crippen molar-refractivity contribution in [3.05, 3.63) is 48.6 Å². The van der Waals surface area contributed by atoms with Crippen LogP contribution in [-0.4, -0.2) is 49.3 Å². The third kappa shape index (κ3) is 65.1. The van der Waals surface area contributed by atoms with E-state index < -0.39 is 26.5 Å². The number of phosphoric ester groups is 1. The lowest BCUT2D eigenvalue weighted by atomic mass is 10.0. The van der Waals surface area contributed by atoms with Crippen molar-refractivity contribution in [2.45, 2.75) is 360 Å². The van der Waals surface area contributed by atoms with Crippen LogP contribution >= 0.6 is 7.82 Å². The average molecular weight is 1150 g/mol. The van der Waals surface area contributed by atoms with E-state index in [-0.39, 0.29) is 38.6 Å². The number of carbonyl (C=O) groups excluding carboxylic acids is 2. The molecule has 3 N–H and O–H groups in total. The van der Waals surface area contributed by atoms with E-state index in [9.17, 15) is 19.0 Å².